The van der Waals surface area contributed by atoms with Gasteiger partial charge in [-0.3, -0.25) is 9.78 Å². The first-order chi connectivity index (χ1) is 12.6. The molecule has 7 heteroatoms. The summed E-state index contributed by atoms with van der Waals surface area (Å²) < 4.78 is 10.3. The van der Waals surface area contributed by atoms with E-state index in [0.717, 1.165) is 11.3 Å². The maximum absolute atomic E-state index is 12.4. The molecule has 0 fully saturated rings. The Bertz CT molecular complexity index is 921. The van der Waals surface area contributed by atoms with Crippen LogP contribution in [0.25, 0.3) is 11.3 Å². The predicted molar refractivity (Wildman–Crippen MR) is 99.7 cm³/mol. The van der Waals surface area contributed by atoms with Crippen LogP contribution in [0.5, 0.6) is 11.5 Å². The van der Waals surface area contributed by atoms with E-state index in [4.69, 9.17) is 9.47 Å². The molecule has 0 aliphatic carbocycles. The third kappa shape index (κ3) is 3.83. The second-order valence-corrected chi connectivity index (χ2v) is 5.72. The van der Waals surface area contributed by atoms with Crippen molar-refractivity contribution < 1.29 is 9.47 Å². The number of nitrogens with zero attached hydrogens (tertiary/aromatic N) is 2. The van der Waals surface area contributed by atoms with Crippen molar-refractivity contribution in [3.8, 4) is 22.8 Å². The first kappa shape index (κ1) is 17.5. The van der Waals surface area contributed by atoms with Gasteiger partial charge in [0, 0.05) is 5.56 Å². The second-order valence-electron chi connectivity index (χ2n) is 5.72. The minimum absolute atomic E-state index is 0.0577. The van der Waals surface area contributed by atoms with Crippen molar-refractivity contribution in [2.75, 3.05) is 19.5 Å². The first-order valence-corrected chi connectivity index (χ1v) is 8.12. The highest BCUT2D eigenvalue weighted by Crippen LogP contribution is 2.20. The normalized spacial score (nSPS) is 11.7. The van der Waals surface area contributed by atoms with E-state index in [1.165, 1.54) is 0 Å². The third-order valence-corrected chi connectivity index (χ3v) is 4.03. The summed E-state index contributed by atoms with van der Waals surface area (Å²) in [7, 11) is 3.22. The molecule has 1 aromatic heterocycles. The fourth-order valence-corrected chi connectivity index (χ4v) is 2.52. The van der Waals surface area contributed by atoms with Gasteiger partial charge in [-0.1, -0.05) is 12.1 Å². The van der Waals surface area contributed by atoms with Crippen molar-refractivity contribution in [2.24, 2.45) is 0 Å². The van der Waals surface area contributed by atoms with Crippen LogP contribution in [-0.2, 0) is 0 Å². The lowest BCUT2D eigenvalue weighted by atomic mass is 10.1. The summed E-state index contributed by atoms with van der Waals surface area (Å²) in [6, 6.07) is 14.7. The Morgan fingerprint density at radius 1 is 0.923 bits per heavy atom. The molecule has 0 bridgehead atoms. The molecule has 1 unspecified atom stereocenters. The van der Waals surface area contributed by atoms with E-state index in [9.17, 15) is 4.79 Å². The van der Waals surface area contributed by atoms with Crippen molar-refractivity contribution >= 4 is 5.95 Å². The second kappa shape index (κ2) is 7.69. The number of benzene rings is 2. The summed E-state index contributed by atoms with van der Waals surface area (Å²) in [4.78, 5) is 15.1. The summed E-state index contributed by atoms with van der Waals surface area (Å²) in [6.07, 6.45) is 0. The maximum Gasteiger partial charge on any atom is 0.279 e. The van der Waals surface area contributed by atoms with Crippen LogP contribution < -0.4 is 20.3 Å². The molecule has 26 heavy (non-hydrogen) atoms. The molecule has 0 aliphatic rings. The Kier molecular flexibility index (Phi) is 5.17. The van der Waals surface area contributed by atoms with E-state index in [1.807, 2.05) is 31.2 Å². The number of rotatable bonds is 6. The van der Waals surface area contributed by atoms with E-state index in [2.05, 4.69) is 20.5 Å². The predicted octanol–water partition coefficient (Wildman–Crippen LogP) is 3.02. The number of hydrogen-bond acceptors (Lipinski definition) is 6. The molecule has 3 aromatic rings. The molecule has 2 N–H and O–H groups in total. The molecule has 0 saturated heterocycles. The SMILES string of the molecule is COc1ccc(-c2nnc(NC(C)c3ccc(OC)cc3)[nH]c2=O)cc1. The van der Waals surface area contributed by atoms with Gasteiger partial charge in [-0.05, 0) is 48.9 Å². The van der Waals surface area contributed by atoms with E-state index < -0.39 is 0 Å². The number of hydrogen-bond donors (Lipinski definition) is 2. The van der Waals surface area contributed by atoms with Crippen LogP contribution in [0.4, 0.5) is 5.95 Å². The lowest BCUT2D eigenvalue weighted by Gasteiger charge is -2.14. The highest BCUT2D eigenvalue weighted by atomic mass is 16.5. The van der Waals surface area contributed by atoms with E-state index in [1.54, 1.807) is 38.5 Å². The molecule has 0 amide bonds. The highest BCUT2D eigenvalue weighted by Gasteiger charge is 2.11. The van der Waals surface area contributed by atoms with Gasteiger partial charge in [0.25, 0.3) is 5.56 Å². The van der Waals surface area contributed by atoms with Gasteiger partial charge in [0.1, 0.15) is 11.5 Å². The lowest BCUT2D eigenvalue weighted by molar-refractivity contribution is 0.414. The molecule has 2 aromatic carbocycles. The number of nitrogens with one attached hydrogen (secondary N) is 2. The molecule has 0 spiro atoms. The van der Waals surface area contributed by atoms with Crippen molar-refractivity contribution in [1.82, 2.24) is 15.2 Å². The van der Waals surface area contributed by atoms with Crippen LogP contribution in [0.1, 0.15) is 18.5 Å². The van der Waals surface area contributed by atoms with Crippen LogP contribution in [0, 0.1) is 0 Å². The van der Waals surface area contributed by atoms with Gasteiger partial charge in [0.05, 0.1) is 20.3 Å². The van der Waals surface area contributed by atoms with Gasteiger partial charge >= 0.3 is 0 Å². The molecule has 3 rings (SSSR count). The standard InChI is InChI=1S/C19H20N4O3/c1-12(13-4-8-15(25-2)9-5-13)20-19-21-18(24)17(22-23-19)14-6-10-16(26-3)11-7-14/h4-12H,1-3H3,(H2,20,21,23,24). The van der Waals surface area contributed by atoms with Gasteiger partial charge < -0.3 is 14.8 Å². The van der Waals surface area contributed by atoms with Crippen LogP contribution in [0.3, 0.4) is 0 Å². The van der Waals surface area contributed by atoms with Crippen LogP contribution >= 0.6 is 0 Å². The average Bonchev–Trinajstić information content (AvgIpc) is 2.68. The average molecular weight is 352 g/mol. The molecule has 0 radical (unpaired) electrons. The van der Waals surface area contributed by atoms with E-state index >= 15 is 0 Å². The summed E-state index contributed by atoms with van der Waals surface area (Å²) in [5.41, 5.74) is 1.66. The molecule has 1 heterocycles. The summed E-state index contributed by atoms with van der Waals surface area (Å²) >= 11 is 0. The molecule has 0 saturated carbocycles. The summed E-state index contributed by atoms with van der Waals surface area (Å²) in [5.74, 6) is 1.82. The molecular weight excluding hydrogens is 332 g/mol. The zero-order valence-corrected chi connectivity index (χ0v) is 14.8. The molecule has 0 aliphatic heterocycles. The van der Waals surface area contributed by atoms with Gasteiger partial charge in [-0.2, -0.15) is 0 Å². The summed E-state index contributed by atoms with van der Waals surface area (Å²) in [6.45, 7) is 1.97. The third-order valence-electron chi connectivity index (χ3n) is 4.03. The van der Waals surface area contributed by atoms with Crippen LogP contribution in [0.15, 0.2) is 53.3 Å². The summed E-state index contributed by atoms with van der Waals surface area (Å²) in [5, 5.41) is 11.3. The number of aromatic amines is 1. The van der Waals surface area contributed by atoms with Crippen molar-refractivity contribution in [3.63, 3.8) is 0 Å². The fourth-order valence-electron chi connectivity index (χ4n) is 2.52. The first-order valence-electron chi connectivity index (χ1n) is 8.12. The smallest absolute Gasteiger partial charge is 0.279 e. The van der Waals surface area contributed by atoms with Gasteiger partial charge in [-0.15, -0.1) is 10.2 Å². The maximum atomic E-state index is 12.4. The molecule has 1 atom stereocenters. The van der Waals surface area contributed by atoms with Crippen molar-refractivity contribution in [1.29, 1.82) is 0 Å². The molecule has 134 valence electrons. The minimum Gasteiger partial charge on any atom is -0.497 e. The zero-order chi connectivity index (χ0) is 18.5. The quantitative estimate of drug-likeness (QED) is 0.709. The number of ether oxygens (including phenoxy) is 2. The Morgan fingerprint density at radius 3 is 2.04 bits per heavy atom. The van der Waals surface area contributed by atoms with Crippen molar-refractivity contribution in [2.45, 2.75) is 13.0 Å². The van der Waals surface area contributed by atoms with E-state index in [-0.39, 0.29) is 17.3 Å². The number of aromatic nitrogens is 3. The van der Waals surface area contributed by atoms with Gasteiger partial charge in [0.15, 0.2) is 5.69 Å². The lowest BCUT2D eigenvalue weighted by Crippen LogP contribution is -2.18. The number of methoxy groups -OCH3 is 2. The van der Waals surface area contributed by atoms with E-state index in [0.29, 0.717) is 17.3 Å². The Morgan fingerprint density at radius 2 is 1.50 bits per heavy atom. The highest BCUT2D eigenvalue weighted by molar-refractivity contribution is 5.59. The van der Waals surface area contributed by atoms with Gasteiger partial charge in [-0.25, -0.2) is 0 Å². The molecular formula is C19H20N4O3. The van der Waals surface area contributed by atoms with Crippen LogP contribution in [-0.4, -0.2) is 29.4 Å². The monoisotopic (exact) mass is 352 g/mol. The molecule has 7 nitrogen and oxygen atoms in total. The Hall–Kier alpha value is -3.35. The number of H-pyrrole nitrogens is 1. The van der Waals surface area contributed by atoms with Crippen LogP contribution in [0.2, 0.25) is 0 Å². The zero-order valence-electron chi connectivity index (χ0n) is 14.8. The Labute approximate surface area is 151 Å². The van der Waals surface area contributed by atoms with Gasteiger partial charge in [0.2, 0.25) is 5.95 Å². The minimum atomic E-state index is -0.311. The topological polar surface area (TPSA) is 89.1 Å². The fraction of sp³-hybridized carbons (Fsp3) is 0.211. The van der Waals surface area contributed by atoms with Crippen molar-refractivity contribution in [3.05, 3.63) is 64.4 Å². The Balaban J connectivity index is 1.76. The largest absolute Gasteiger partial charge is 0.497 e. The number of anilines is 1.